The van der Waals surface area contributed by atoms with Gasteiger partial charge in [0.25, 0.3) is 0 Å². The first kappa shape index (κ1) is 13.4. The van der Waals surface area contributed by atoms with Crippen molar-refractivity contribution in [2.45, 2.75) is 25.3 Å². The minimum Gasteiger partial charge on any atom is -0.486 e. The van der Waals surface area contributed by atoms with Crippen LogP contribution in [0.2, 0.25) is 0 Å². The monoisotopic (exact) mass is 288 g/mol. The normalized spacial score (nSPS) is 29.4. The van der Waals surface area contributed by atoms with E-state index in [-0.39, 0.29) is 6.04 Å². The lowest BCUT2D eigenvalue weighted by Crippen LogP contribution is -2.31. The molecule has 2 heterocycles. The van der Waals surface area contributed by atoms with Crippen molar-refractivity contribution in [3.05, 3.63) is 23.8 Å². The number of rotatable bonds is 3. The van der Waals surface area contributed by atoms with E-state index in [4.69, 9.17) is 15.2 Å². The lowest BCUT2D eigenvalue weighted by Gasteiger charge is -2.24. The van der Waals surface area contributed by atoms with Crippen molar-refractivity contribution in [3.63, 3.8) is 0 Å². The molecule has 1 aromatic rings. The average Bonchev–Trinajstić information content (AvgIpc) is 3.08. The minimum absolute atomic E-state index is 0.0552. The van der Waals surface area contributed by atoms with Gasteiger partial charge in [-0.05, 0) is 42.4 Å². The molecule has 4 rings (SSSR count). The molecule has 3 atom stereocenters. The first-order valence-electron chi connectivity index (χ1n) is 8.17. The van der Waals surface area contributed by atoms with Crippen LogP contribution in [0.5, 0.6) is 11.5 Å². The van der Waals surface area contributed by atoms with Crippen LogP contribution in [0, 0.1) is 11.8 Å². The smallest absolute Gasteiger partial charge is 0.161 e. The van der Waals surface area contributed by atoms with Crippen LogP contribution in [0.1, 0.15) is 30.9 Å². The maximum absolute atomic E-state index is 6.42. The van der Waals surface area contributed by atoms with E-state index in [1.54, 1.807) is 0 Å². The number of nitrogens with zero attached hydrogens (tertiary/aromatic N) is 1. The van der Waals surface area contributed by atoms with E-state index in [1.807, 2.05) is 6.07 Å². The number of hydrogen-bond donors (Lipinski definition) is 1. The maximum atomic E-state index is 6.42. The molecule has 4 heteroatoms. The van der Waals surface area contributed by atoms with Crippen LogP contribution >= 0.6 is 0 Å². The van der Waals surface area contributed by atoms with Gasteiger partial charge in [-0.25, -0.2) is 0 Å². The Bertz CT molecular complexity index is 508. The van der Waals surface area contributed by atoms with Crippen LogP contribution in [0.25, 0.3) is 0 Å². The topological polar surface area (TPSA) is 47.7 Å². The zero-order chi connectivity index (χ0) is 14.2. The first-order valence-corrected chi connectivity index (χ1v) is 8.17. The van der Waals surface area contributed by atoms with Crippen molar-refractivity contribution in [1.82, 2.24) is 4.90 Å². The highest BCUT2D eigenvalue weighted by atomic mass is 16.6. The zero-order valence-electron chi connectivity index (χ0n) is 12.5. The third-order valence-corrected chi connectivity index (χ3v) is 5.25. The van der Waals surface area contributed by atoms with Crippen molar-refractivity contribution < 1.29 is 9.47 Å². The first-order chi connectivity index (χ1) is 10.3. The standard InChI is InChI=1S/C17H24N2O2/c18-15(11-19-9-13-2-1-3-14(13)10-19)12-4-5-16-17(8-12)21-7-6-20-16/h4-5,8,13-15H,1-3,6-7,9-11,18H2. The van der Waals surface area contributed by atoms with Crippen LogP contribution in [0.4, 0.5) is 0 Å². The summed E-state index contributed by atoms with van der Waals surface area (Å²) in [4.78, 5) is 2.55. The van der Waals surface area contributed by atoms with Crippen molar-refractivity contribution in [2.75, 3.05) is 32.8 Å². The molecule has 2 aliphatic heterocycles. The number of nitrogens with two attached hydrogens (primary N) is 1. The molecule has 2 N–H and O–H groups in total. The van der Waals surface area contributed by atoms with Gasteiger partial charge in [-0.1, -0.05) is 12.5 Å². The molecular weight excluding hydrogens is 264 g/mol. The minimum atomic E-state index is 0.0552. The van der Waals surface area contributed by atoms with Crippen molar-refractivity contribution in [2.24, 2.45) is 17.6 Å². The summed E-state index contributed by atoms with van der Waals surface area (Å²) >= 11 is 0. The number of fused-ring (bicyclic) bond motifs is 2. The van der Waals surface area contributed by atoms with Crippen molar-refractivity contribution in [3.8, 4) is 11.5 Å². The summed E-state index contributed by atoms with van der Waals surface area (Å²) in [5.41, 5.74) is 7.57. The van der Waals surface area contributed by atoms with E-state index in [2.05, 4.69) is 17.0 Å². The number of likely N-dealkylation sites (tertiary alicyclic amines) is 1. The molecule has 3 aliphatic rings. The predicted octanol–water partition coefficient (Wildman–Crippen LogP) is 2.19. The molecular formula is C17H24N2O2. The second-order valence-electron chi connectivity index (χ2n) is 6.68. The molecule has 3 unspecified atom stereocenters. The van der Waals surface area contributed by atoms with Crippen molar-refractivity contribution >= 4 is 0 Å². The SMILES string of the molecule is NC(CN1CC2CCCC2C1)c1ccc2c(c1)OCCO2. The van der Waals surface area contributed by atoms with E-state index in [0.29, 0.717) is 13.2 Å². The molecule has 2 fully saturated rings. The van der Waals surface area contributed by atoms with Gasteiger partial charge >= 0.3 is 0 Å². The van der Waals surface area contributed by atoms with E-state index in [0.717, 1.165) is 35.4 Å². The molecule has 21 heavy (non-hydrogen) atoms. The third kappa shape index (κ3) is 2.62. The molecule has 0 aromatic heterocycles. The van der Waals surface area contributed by atoms with Gasteiger partial charge in [-0.3, -0.25) is 0 Å². The molecule has 0 spiro atoms. The Labute approximate surface area is 126 Å². The fraction of sp³-hybridized carbons (Fsp3) is 0.647. The van der Waals surface area contributed by atoms with Crippen LogP contribution in [0.3, 0.4) is 0 Å². The average molecular weight is 288 g/mol. The highest BCUT2D eigenvalue weighted by Crippen LogP contribution is 2.38. The van der Waals surface area contributed by atoms with Gasteiger partial charge in [0.15, 0.2) is 11.5 Å². The fourth-order valence-corrected chi connectivity index (χ4v) is 4.16. The summed E-state index contributed by atoms with van der Waals surface area (Å²) in [6.07, 6.45) is 4.26. The third-order valence-electron chi connectivity index (χ3n) is 5.25. The molecule has 0 amide bonds. The summed E-state index contributed by atoms with van der Waals surface area (Å²) in [5.74, 6) is 3.54. The van der Waals surface area contributed by atoms with E-state index in [1.165, 1.54) is 32.4 Å². The van der Waals surface area contributed by atoms with Crippen LogP contribution in [-0.2, 0) is 0 Å². The molecule has 1 saturated carbocycles. The summed E-state index contributed by atoms with van der Waals surface area (Å²) in [5, 5.41) is 0. The van der Waals surface area contributed by atoms with Crippen LogP contribution in [0.15, 0.2) is 18.2 Å². The van der Waals surface area contributed by atoms with Crippen molar-refractivity contribution in [1.29, 1.82) is 0 Å². The van der Waals surface area contributed by atoms with Crippen LogP contribution in [-0.4, -0.2) is 37.7 Å². The summed E-state index contributed by atoms with van der Waals surface area (Å²) in [7, 11) is 0. The maximum Gasteiger partial charge on any atom is 0.161 e. The van der Waals surface area contributed by atoms with Gasteiger partial charge in [0.2, 0.25) is 0 Å². The molecule has 4 nitrogen and oxygen atoms in total. The molecule has 1 aromatic carbocycles. The van der Waals surface area contributed by atoms with Crippen LogP contribution < -0.4 is 15.2 Å². The number of hydrogen-bond acceptors (Lipinski definition) is 4. The molecule has 0 radical (unpaired) electrons. The highest BCUT2D eigenvalue weighted by Gasteiger charge is 2.36. The Hall–Kier alpha value is -1.26. The van der Waals surface area contributed by atoms with Gasteiger partial charge in [0.1, 0.15) is 13.2 Å². The number of ether oxygens (including phenoxy) is 2. The molecule has 114 valence electrons. The molecule has 1 saturated heterocycles. The largest absolute Gasteiger partial charge is 0.486 e. The van der Waals surface area contributed by atoms with Gasteiger partial charge in [0.05, 0.1) is 0 Å². The quantitative estimate of drug-likeness (QED) is 0.926. The lowest BCUT2D eigenvalue weighted by molar-refractivity contribution is 0.171. The fourth-order valence-electron chi connectivity index (χ4n) is 4.16. The summed E-state index contributed by atoms with van der Waals surface area (Å²) < 4.78 is 11.2. The number of benzene rings is 1. The van der Waals surface area contributed by atoms with E-state index < -0.39 is 0 Å². The second-order valence-corrected chi connectivity index (χ2v) is 6.68. The Morgan fingerprint density at radius 1 is 1.10 bits per heavy atom. The Morgan fingerprint density at radius 3 is 2.57 bits per heavy atom. The Balaban J connectivity index is 1.42. The highest BCUT2D eigenvalue weighted by molar-refractivity contribution is 5.44. The zero-order valence-corrected chi connectivity index (χ0v) is 12.5. The summed E-state index contributed by atoms with van der Waals surface area (Å²) in [6.45, 7) is 4.69. The van der Waals surface area contributed by atoms with Gasteiger partial charge in [-0.2, -0.15) is 0 Å². The predicted molar refractivity (Wildman–Crippen MR) is 81.6 cm³/mol. The molecule has 1 aliphatic carbocycles. The summed E-state index contributed by atoms with van der Waals surface area (Å²) in [6, 6.07) is 6.17. The van der Waals surface area contributed by atoms with E-state index >= 15 is 0 Å². The van der Waals surface area contributed by atoms with Gasteiger partial charge < -0.3 is 20.1 Å². The lowest BCUT2D eigenvalue weighted by atomic mass is 10.0. The van der Waals surface area contributed by atoms with Gasteiger partial charge in [-0.15, -0.1) is 0 Å². The Morgan fingerprint density at radius 2 is 1.81 bits per heavy atom. The molecule has 0 bridgehead atoms. The van der Waals surface area contributed by atoms with E-state index in [9.17, 15) is 0 Å². The second kappa shape index (κ2) is 5.50. The Kier molecular flexibility index (Phi) is 3.51. The van der Waals surface area contributed by atoms with Gasteiger partial charge in [0, 0.05) is 25.7 Å².